The van der Waals surface area contributed by atoms with E-state index in [9.17, 15) is 9.18 Å². The number of nitrogens with two attached hydrogens (primary N) is 1. The summed E-state index contributed by atoms with van der Waals surface area (Å²) in [6, 6.07) is 6.09. The van der Waals surface area contributed by atoms with Crippen molar-refractivity contribution in [1.29, 1.82) is 0 Å². The molecular formula is C15H15FN4O. The van der Waals surface area contributed by atoms with E-state index < -0.39 is 5.82 Å². The van der Waals surface area contributed by atoms with Crippen LogP contribution in [-0.2, 0) is 13.6 Å². The van der Waals surface area contributed by atoms with Crippen molar-refractivity contribution in [2.24, 2.45) is 12.8 Å². The lowest BCUT2D eigenvalue weighted by Crippen LogP contribution is -2.25. The molecule has 0 bridgehead atoms. The van der Waals surface area contributed by atoms with Crippen LogP contribution in [0.15, 0.2) is 30.5 Å². The van der Waals surface area contributed by atoms with Crippen LogP contribution >= 0.6 is 0 Å². The second kappa shape index (κ2) is 6.68. The second-order valence-corrected chi connectivity index (χ2v) is 4.33. The molecule has 0 aliphatic rings. The number of nitrogens with zero attached hydrogens (tertiary/aromatic N) is 2. The van der Waals surface area contributed by atoms with Gasteiger partial charge in [0.1, 0.15) is 11.5 Å². The molecule has 0 fully saturated rings. The van der Waals surface area contributed by atoms with Crippen molar-refractivity contribution in [1.82, 2.24) is 15.1 Å². The van der Waals surface area contributed by atoms with Crippen molar-refractivity contribution in [2.45, 2.75) is 6.54 Å². The van der Waals surface area contributed by atoms with E-state index >= 15 is 0 Å². The Hall–Kier alpha value is -2.65. The van der Waals surface area contributed by atoms with Crippen molar-refractivity contribution in [3.63, 3.8) is 0 Å². The van der Waals surface area contributed by atoms with Crippen LogP contribution in [0.5, 0.6) is 0 Å². The molecule has 1 aromatic carbocycles. The highest BCUT2D eigenvalue weighted by Crippen LogP contribution is 2.10. The fraction of sp³-hybridized carbons (Fsp3) is 0.200. The standard InChI is InChI=1S/C15H15FN4O/c1-20-14(6-8-19-20)15(21)18-10-12-9-11(3-2-7-17)4-5-13(12)16/h4-6,8-9H,7,10,17H2,1H3,(H,18,21). The molecule has 3 N–H and O–H groups in total. The maximum Gasteiger partial charge on any atom is 0.269 e. The van der Waals surface area contributed by atoms with Gasteiger partial charge in [-0.3, -0.25) is 9.48 Å². The minimum absolute atomic E-state index is 0.0774. The lowest BCUT2D eigenvalue weighted by Gasteiger charge is -2.07. The quantitative estimate of drug-likeness (QED) is 0.820. The molecule has 0 unspecified atom stereocenters. The first-order valence-corrected chi connectivity index (χ1v) is 6.35. The fourth-order valence-corrected chi connectivity index (χ4v) is 1.80. The second-order valence-electron chi connectivity index (χ2n) is 4.33. The number of hydrogen-bond acceptors (Lipinski definition) is 3. The molecule has 0 saturated carbocycles. The summed E-state index contributed by atoms with van der Waals surface area (Å²) in [5.74, 6) is 4.83. The van der Waals surface area contributed by atoms with E-state index in [0.29, 0.717) is 16.8 Å². The zero-order valence-electron chi connectivity index (χ0n) is 11.6. The van der Waals surface area contributed by atoms with Crippen LogP contribution in [0.1, 0.15) is 21.6 Å². The molecule has 0 atom stereocenters. The van der Waals surface area contributed by atoms with E-state index in [1.165, 1.54) is 16.9 Å². The smallest absolute Gasteiger partial charge is 0.269 e. The van der Waals surface area contributed by atoms with Crippen LogP contribution in [0.25, 0.3) is 0 Å². The molecule has 0 aliphatic heterocycles. The summed E-state index contributed by atoms with van der Waals surface area (Å²) in [4.78, 5) is 11.9. The van der Waals surface area contributed by atoms with Gasteiger partial charge in [-0.25, -0.2) is 4.39 Å². The normalized spacial score (nSPS) is 9.86. The molecule has 0 spiro atoms. The minimum Gasteiger partial charge on any atom is -0.347 e. The molecule has 0 aliphatic carbocycles. The highest BCUT2D eigenvalue weighted by Gasteiger charge is 2.10. The van der Waals surface area contributed by atoms with Gasteiger partial charge in [0.2, 0.25) is 0 Å². The number of nitrogens with one attached hydrogen (secondary N) is 1. The van der Waals surface area contributed by atoms with E-state index in [0.717, 1.165) is 0 Å². The first-order valence-electron chi connectivity index (χ1n) is 6.35. The summed E-state index contributed by atoms with van der Waals surface area (Å²) < 4.78 is 15.2. The highest BCUT2D eigenvalue weighted by atomic mass is 19.1. The Morgan fingerprint density at radius 3 is 2.95 bits per heavy atom. The Labute approximate surface area is 122 Å². The summed E-state index contributed by atoms with van der Waals surface area (Å²) >= 11 is 0. The van der Waals surface area contributed by atoms with Crippen LogP contribution < -0.4 is 11.1 Å². The van der Waals surface area contributed by atoms with Gasteiger partial charge in [-0.15, -0.1) is 0 Å². The number of aryl methyl sites for hydroxylation is 1. The van der Waals surface area contributed by atoms with Gasteiger partial charge in [-0.1, -0.05) is 11.8 Å². The summed E-state index contributed by atoms with van der Waals surface area (Å²) in [5, 5.41) is 6.56. The summed E-state index contributed by atoms with van der Waals surface area (Å²) in [6.07, 6.45) is 1.53. The van der Waals surface area contributed by atoms with Gasteiger partial charge >= 0.3 is 0 Å². The Morgan fingerprint density at radius 2 is 2.29 bits per heavy atom. The Morgan fingerprint density at radius 1 is 1.48 bits per heavy atom. The van der Waals surface area contributed by atoms with Crippen molar-refractivity contribution in [3.8, 4) is 11.8 Å². The molecule has 2 rings (SSSR count). The van der Waals surface area contributed by atoms with Crippen LogP contribution in [0.4, 0.5) is 4.39 Å². The number of aromatic nitrogens is 2. The molecule has 1 amide bonds. The van der Waals surface area contributed by atoms with Crippen molar-refractivity contribution in [3.05, 3.63) is 53.1 Å². The number of rotatable bonds is 3. The van der Waals surface area contributed by atoms with E-state index in [1.54, 1.807) is 25.2 Å². The maximum atomic E-state index is 13.7. The summed E-state index contributed by atoms with van der Waals surface area (Å²) in [6.45, 7) is 0.317. The van der Waals surface area contributed by atoms with Crippen LogP contribution in [0.3, 0.4) is 0 Å². The summed E-state index contributed by atoms with van der Waals surface area (Å²) in [5.41, 5.74) is 6.74. The van der Waals surface area contributed by atoms with E-state index in [2.05, 4.69) is 22.3 Å². The Bertz CT molecular complexity index is 712. The largest absolute Gasteiger partial charge is 0.347 e. The molecule has 5 nitrogen and oxygen atoms in total. The van der Waals surface area contributed by atoms with E-state index in [-0.39, 0.29) is 19.0 Å². The Balaban J connectivity index is 2.09. The van der Waals surface area contributed by atoms with Gasteiger partial charge in [-0.2, -0.15) is 5.10 Å². The summed E-state index contributed by atoms with van der Waals surface area (Å²) in [7, 11) is 1.67. The van der Waals surface area contributed by atoms with Gasteiger partial charge in [0, 0.05) is 30.9 Å². The van der Waals surface area contributed by atoms with Crippen LogP contribution in [0.2, 0.25) is 0 Å². The number of hydrogen-bond donors (Lipinski definition) is 2. The van der Waals surface area contributed by atoms with Gasteiger partial charge in [-0.05, 0) is 24.3 Å². The Kier molecular flexibility index (Phi) is 4.69. The third kappa shape index (κ3) is 3.68. The van der Waals surface area contributed by atoms with Gasteiger partial charge in [0.05, 0.1) is 6.54 Å². The van der Waals surface area contributed by atoms with Gasteiger partial charge in [0.15, 0.2) is 0 Å². The molecule has 2 aromatic rings. The van der Waals surface area contributed by atoms with Crippen LogP contribution in [-0.4, -0.2) is 22.2 Å². The molecule has 1 heterocycles. The predicted octanol–water partition coefficient (Wildman–Crippen LogP) is 0.799. The van der Waals surface area contributed by atoms with Crippen molar-refractivity contribution < 1.29 is 9.18 Å². The van der Waals surface area contributed by atoms with Crippen LogP contribution in [0, 0.1) is 17.7 Å². The van der Waals surface area contributed by atoms with Gasteiger partial charge < -0.3 is 11.1 Å². The van der Waals surface area contributed by atoms with Gasteiger partial charge in [0.25, 0.3) is 5.91 Å². The first kappa shape index (κ1) is 14.8. The predicted molar refractivity (Wildman–Crippen MR) is 76.7 cm³/mol. The van der Waals surface area contributed by atoms with Crippen molar-refractivity contribution >= 4 is 5.91 Å². The zero-order valence-corrected chi connectivity index (χ0v) is 11.6. The molecule has 0 saturated heterocycles. The topological polar surface area (TPSA) is 72.9 Å². The number of benzene rings is 1. The number of carbonyl (C=O) groups excluding carboxylic acids is 1. The molecule has 1 aromatic heterocycles. The third-order valence-electron chi connectivity index (χ3n) is 2.87. The minimum atomic E-state index is -0.390. The van der Waals surface area contributed by atoms with E-state index in [4.69, 9.17) is 5.73 Å². The molecule has 108 valence electrons. The third-order valence-corrected chi connectivity index (χ3v) is 2.87. The highest BCUT2D eigenvalue weighted by molar-refractivity contribution is 5.92. The molecular weight excluding hydrogens is 271 g/mol. The number of carbonyl (C=O) groups is 1. The average Bonchev–Trinajstić information content (AvgIpc) is 2.91. The lowest BCUT2D eigenvalue weighted by molar-refractivity contribution is 0.0941. The molecule has 21 heavy (non-hydrogen) atoms. The fourth-order valence-electron chi connectivity index (χ4n) is 1.80. The molecule has 6 heteroatoms. The van der Waals surface area contributed by atoms with E-state index in [1.807, 2.05) is 0 Å². The lowest BCUT2D eigenvalue weighted by atomic mass is 10.1. The number of amides is 1. The first-order chi connectivity index (χ1) is 10.1. The molecule has 0 radical (unpaired) electrons. The SMILES string of the molecule is Cn1nccc1C(=O)NCc1cc(C#CCN)ccc1F. The maximum absolute atomic E-state index is 13.7. The monoisotopic (exact) mass is 286 g/mol. The zero-order chi connectivity index (χ0) is 15.2. The van der Waals surface area contributed by atoms with Crippen molar-refractivity contribution in [2.75, 3.05) is 6.54 Å². The number of halogens is 1. The average molecular weight is 286 g/mol.